The summed E-state index contributed by atoms with van der Waals surface area (Å²) in [5.41, 5.74) is -0.510. The second-order valence-corrected chi connectivity index (χ2v) is 7.53. The molecule has 10 heteroatoms. The van der Waals surface area contributed by atoms with Crippen LogP contribution in [0.25, 0.3) is 28.1 Å². The van der Waals surface area contributed by atoms with Crippen LogP contribution in [0.3, 0.4) is 0 Å². The van der Waals surface area contributed by atoms with Gasteiger partial charge in [-0.05, 0) is 37.8 Å². The van der Waals surface area contributed by atoms with Crippen LogP contribution in [-0.2, 0) is 16.9 Å². The second-order valence-electron chi connectivity index (χ2n) is 7.53. The van der Waals surface area contributed by atoms with Crippen LogP contribution in [0.4, 0.5) is 4.39 Å². The zero-order chi connectivity index (χ0) is 20.9. The van der Waals surface area contributed by atoms with E-state index in [-0.39, 0.29) is 41.6 Å². The van der Waals surface area contributed by atoms with E-state index in [1.54, 1.807) is 12.1 Å². The van der Waals surface area contributed by atoms with Gasteiger partial charge >= 0.3 is 0 Å². The maximum atomic E-state index is 14.6. The normalized spacial score (nSPS) is 16.1. The first-order valence-electron chi connectivity index (χ1n) is 9.77. The van der Waals surface area contributed by atoms with Crippen molar-refractivity contribution in [3.05, 3.63) is 46.6 Å². The van der Waals surface area contributed by atoms with Gasteiger partial charge in [0.2, 0.25) is 5.82 Å². The largest absolute Gasteiger partial charge is 0.383 e. The van der Waals surface area contributed by atoms with Crippen LogP contribution in [0.5, 0.6) is 0 Å². The van der Waals surface area contributed by atoms with Gasteiger partial charge in [0.1, 0.15) is 34.5 Å². The average Bonchev–Trinajstić information content (AvgIpc) is 3.47. The van der Waals surface area contributed by atoms with Gasteiger partial charge in [0.15, 0.2) is 0 Å². The van der Waals surface area contributed by atoms with Crippen molar-refractivity contribution in [2.75, 3.05) is 13.7 Å². The second kappa shape index (κ2) is 6.99. The molecule has 156 valence electrons. The van der Waals surface area contributed by atoms with Crippen molar-refractivity contribution in [2.24, 2.45) is 0 Å². The fraction of sp³-hybridized carbons (Fsp3) is 0.400. The first-order chi connectivity index (χ1) is 14.5. The van der Waals surface area contributed by atoms with Crippen LogP contribution >= 0.6 is 0 Å². The van der Waals surface area contributed by atoms with Gasteiger partial charge in [0.05, 0.1) is 12.1 Å². The van der Waals surface area contributed by atoms with Gasteiger partial charge in [-0.3, -0.25) is 9.20 Å². The summed E-state index contributed by atoms with van der Waals surface area (Å²) in [6, 6.07) is 4.59. The molecular formula is C20H20FN5O4. The maximum absolute atomic E-state index is 14.6. The standard InChI is InChI=1S/C20H20FN5O4/c1-29-10-9-25-15-12(21)5-4-6-13(15)26-11-22-14(16(26)18(25)27)17-23-19(30-24-17)20(28)7-2-3-8-20/h4-6,11,28H,2-3,7-10H2,1H3. The number of methoxy groups -OCH3 is 1. The molecule has 3 aromatic heterocycles. The number of rotatable bonds is 5. The number of fused-ring (bicyclic) bond motifs is 3. The Kier molecular flexibility index (Phi) is 4.40. The summed E-state index contributed by atoms with van der Waals surface area (Å²) in [4.78, 5) is 22.0. The summed E-state index contributed by atoms with van der Waals surface area (Å²) in [5.74, 6) is -0.273. The van der Waals surface area contributed by atoms with Crippen LogP contribution in [-0.4, -0.2) is 42.9 Å². The quantitative estimate of drug-likeness (QED) is 0.535. The average molecular weight is 413 g/mol. The maximum Gasteiger partial charge on any atom is 0.277 e. The van der Waals surface area contributed by atoms with Crippen LogP contribution < -0.4 is 5.56 Å². The lowest BCUT2D eigenvalue weighted by atomic mass is 10.0. The van der Waals surface area contributed by atoms with E-state index in [1.165, 1.54) is 28.5 Å². The fourth-order valence-corrected chi connectivity index (χ4v) is 4.17. The van der Waals surface area contributed by atoms with Gasteiger partial charge < -0.3 is 18.9 Å². The van der Waals surface area contributed by atoms with E-state index in [1.807, 2.05) is 0 Å². The van der Waals surface area contributed by atoms with Crippen molar-refractivity contribution in [3.8, 4) is 11.5 Å². The molecule has 0 spiro atoms. The van der Waals surface area contributed by atoms with E-state index >= 15 is 0 Å². The van der Waals surface area contributed by atoms with Crippen molar-refractivity contribution >= 4 is 16.6 Å². The highest BCUT2D eigenvalue weighted by molar-refractivity contribution is 5.84. The van der Waals surface area contributed by atoms with Crippen molar-refractivity contribution in [2.45, 2.75) is 37.8 Å². The summed E-state index contributed by atoms with van der Waals surface area (Å²) in [7, 11) is 1.51. The molecule has 0 amide bonds. The first kappa shape index (κ1) is 18.9. The molecule has 1 N–H and O–H groups in total. The third-order valence-electron chi connectivity index (χ3n) is 5.70. The molecule has 0 saturated heterocycles. The minimum atomic E-state index is -1.14. The van der Waals surface area contributed by atoms with E-state index in [2.05, 4.69) is 15.1 Å². The molecule has 0 radical (unpaired) electrons. The predicted octanol–water partition coefficient (Wildman–Crippen LogP) is 2.25. The molecule has 1 fully saturated rings. The highest BCUT2D eigenvalue weighted by Crippen LogP contribution is 2.38. The molecule has 0 unspecified atom stereocenters. The number of para-hydroxylation sites is 1. The summed E-state index contributed by atoms with van der Waals surface area (Å²) in [5, 5.41) is 14.7. The van der Waals surface area contributed by atoms with Crippen LogP contribution in [0, 0.1) is 5.82 Å². The molecule has 0 aliphatic heterocycles. The van der Waals surface area contributed by atoms with E-state index in [0.29, 0.717) is 18.4 Å². The molecule has 0 bridgehead atoms. The predicted molar refractivity (Wildman–Crippen MR) is 104 cm³/mol. The Morgan fingerprint density at radius 2 is 2.10 bits per heavy atom. The van der Waals surface area contributed by atoms with Crippen LogP contribution in [0.2, 0.25) is 0 Å². The molecular weight excluding hydrogens is 393 g/mol. The van der Waals surface area contributed by atoms with Gasteiger partial charge in [0, 0.05) is 13.7 Å². The number of hydrogen-bond acceptors (Lipinski definition) is 7. The molecule has 1 aromatic carbocycles. The molecule has 4 aromatic rings. The summed E-state index contributed by atoms with van der Waals surface area (Å²) >= 11 is 0. The molecule has 3 heterocycles. The van der Waals surface area contributed by atoms with Gasteiger partial charge in [0.25, 0.3) is 11.4 Å². The van der Waals surface area contributed by atoms with Gasteiger partial charge in [-0.1, -0.05) is 11.2 Å². The molecule has 9 nitrogen and oxygen atoms in total. The molecule has 5 rings (SSSR count). The van der Waals surface area contributed by atoms with E-state index in [0.717, 1.165) is 12.8 Å². The Morgan fingerprint density at radius 1 is 1.30 bits per heavy atom. The SMILES string of the molecule is COCCn1c(=O)c2c(-c3noc(C4(O)CCCC4)n3)ncn2c2cccc(F)c21. The fourth-order valence-electron chi connectivity index (χ4n) is 4.17. The number of nitrogens with zero attached hydrogens (tertiary/aromatic N) is 5. The number of ether oxygens (including phenoxy) is 1. The van der Waals surface area contributed by atoms with Gasteiger partial charge in [-0.2, -0.15) is 4.98 Å². The lowest BCUT2D eigenvalue weighted by Crippen LogP contribution is -2.25. The van der Waals surface area contributed by atoms with Crippen molar-refractivity contribution in [1.29, 1.82) is 0 Å². The van der Waals surface area contributed by atoms with Crippen LogP contribution in [0.15, 0.2) is 33.8 Å². The molecule has 1 aliphatic rings. The monoisotopic (exact) mass is 413 g/mol. The number of aromatic nitrogens is 5. The van der Waals surface area contributed by atoms with Gasteiger partial charge in [-0.25, -0.2) is 9.37 Å². The lowest BCUT2D eigenvalue weighted by Gasteiger charge is -2.15. The zero-order valence-corrected chi connectivity index (χ0v) is 16.3. The van der Waals surface area contributed by atoms with Crippen LogP contribution in [0.1, 0.15) is 31.6 Å². The Labute approximate surface area is 169 Å². The topological polar surface area (TPSA) is 108 Å². The number of imidazole rings is 1. The molecule has 30 heavy (non-hydrogen) atoms. The minimum absolute atomic E-state index is 0.110. The molecule has 0 atom stereocenters. The molecule has 1 aliphatic carbocycles. The first-order valence-corrected chi connectivity index (χ1v) is 9.77. The minimum Gasteiger partial charge on any atom is -0.383 e. The van der Waals surface area contributed by atoms with Crippen molar-refractivity contribution in [3.63, 3.8) is 0 Å². The number of benzene rings is 1. The summed E-state index contributed by atoms with van der Waals surface area (Å²) in [6.45, 7) is 0.410. The smallest absolute Gasteiger partial charge is 0.277 e. The Morgan fingerprint density at radius 3 is 2.87 bits per heavy atom. The summed E-state index contributed by atoms with van der Waals surface area (Å²) in [6.07, 6.45) is 4.29. The van der Waals surface area contributed by atoms with E-state index < -0.39 is 17.0 Å². The Bertz CT molecular complexity index is 1300. The van der Waals surface area contributed by atoms with Crippen molar-refractivity contribution < 1.29 is 18.8 Å². The van der Waals surface area contributed by atoms with E-state index in [9.17, 15) is 14.3 Å². The Hall–Kier alpha value is -3.11. The highest BCUT2D eigenvalue weighted by Gasteiger charge is 2.39. The summed E-state index contributed by atoms with van der Waals surface area (Å²) < 4.78 is 27.9. The van der Waals surface area contributed by atoms with Crippen molar-refractivity contribution in [1.82, 2.24) is 24.1 Å². The third kappa shape index (κ3) is 2.75. The number of halogens is 1. The van der Waals surface area contributed by atoms with Gasteiger partial charge in [-0.15, -0.1) is 0 Å². The number of hydrogen-bond donors (Lipinski definition) is 1. The lowest BCUT2D eigenvalue weighted by molar-refractivity contribution is 0.0112. The molecule has 1 saturated carbocycles. The van der Waals surface area contributed by atoms with E-state index in [4.69, 9.17) is 9.26 Å². The third-order valence-corrected chi connectivity index (χ3v) is 5.70. The highest BCUT2D eigenvalue weighted by atomic mass is 19.1. The zero-order valence-electron chi connectivity index (χ0n) is 16.3. The Balaban J connectivity index is 1.74. The number of aliphatic hydroxyl groups is 1.